The van der Waals surface area contributed by atoms with Gasteiger partial charge < -0.3 is 38.3 Å². The van der Waals surface area contributed by atoms with Gasteiger partial charge in [0.2, 0.25) is 6.10 Å². The highest BCUT2D eigenvalue weighted by molar-refractivity contribution is 5.90. The lowest BCUT2D eigenvalue weighted by atomic mass is 9.47. The van der Waals surface area contributed by atoms with E-state index in [0.717, 1.165) is 75.0 Å². The van der Waals surface area contributed by atoms with Crippen LogP contribution in [0, 0.1) is 65.1 Å². The van der Waals surface area contributed by atoms with Crippen LogP contribution in [0.2, 0.25) is 0 Å². The van der Waals surface area contributed by atoms with Crippen LogP contribution in [0.15, 0.2) is 48.6 Å². The number of hydrogen-bond acceptors (Lipinski definition) is 15. The number of aliphatic hydroxyl groups is 1. The predicted octanol–water partition coefficient (Wildman–Crippen LogP) is 8.97. The molecule has 15 heteroatoms. The minimum Gasteiger partial charge on any atom is -0.463 e. The third-order valence-corrected chi connectivity index (χ3v) is 18.2. The molecule has 12 saturated carbocycles. The Balaban J connectivity index is 0.000000147. The van der Waals surface area contributed by atoms with E-state index in [1.807, 2.05) is 6.92 Å². The predicted molar refractivity (Wildman–Crippen MR) is 267 cm³/mol. The zero-order valence-electron chi connectivity index (χ0n) is 44.6. The summed E-state index contributed by atoms with van der Waals surface area (Å²) in [6, 6.07) is 0. The molecular weight excluding hydrogens is 937 g/mol. The molecule has 12 bridgehead atoms. The van der Waals surface area contributed by atoms with Gasteiger partial charge in [0.25, 0.3) is 0 Å². The van der Waals surface area contributed by atoms with Crippen LogP contribution >= 0.6 is 0 Å². The van der Waals surface area contributed by atoms with Gasteiger partial charge in [-0.2, -0.15) is 0 Å². The summed E-state index contributed by atoms with van der Waals surface area (Å²) in [6.07, 6.45) is 17.6. The summed E-state index contributed by atoms with van der Waals surface area (Å²) in [7, 11) is 0. The molecule has 0 aromatic rings. The van der Waals surface area contributed by atoms with Crippen molar-refractivity contribution in [2.75, 3.05) is 19.8 Å². The van der Waals surface area contributed by atoms with Crippen molar-refractivity contribution in [3.63, 3.8) is 0 Å². The number of carbonyl (C=O) groups is 7. The van der Waals surface area contributed by atoms with Crippen LogP contribution in [0.1, 0.15) is 158 Å². The Hall–Kier alpha value is -4.79. The molecule has 0 aromatic heterocycles. The van der Waals surface area contributed by atoms with Crippen LogP contribution in [0.4, 0.5) is 0 Å². The van der Waals surface area contributed by atoms with Gasteiger partial charge in [-0.15, -0.1) is 0 Å². The summed E-state index contributed by atoms with van der Waals surface area (Å²) in [5.74, 6) is 3.42. The minimum atomic E-state index is -0.776. The van der Waals surface area contributed by atoms with E-state index in [1.54, 1.807) is 13.8 Å². The molecule has 0 radical (unpaired) electrons. The van der Waals surface area contributed by atoms with Gasteiger partial charge in [0.1, 0.15) is 16.8 Å². The van der Waals surface area contributed by atoms with Crippen LogP contribution < -0.4 is 0 Å². The van der Waals surface area contributed by atoms with E-state index in [-0.39, 0.29) is 28.7 Å². The van der Waals surface area contributed by atoms with E-state index in [9.17, 15) is 38.7 Å². The van der Waals surface area contributed by atoms with Crippen LogP contribution in [0.25, 0.3) is 0 Å². The smallest absolute Gasteiger partial charge is 0.347 e. The first-order valence-electron chi connectivity index (χ1n) is 26.9. The van der Waals surface area contributed by atoms with Crippen molar-refractivity contribution in [2.45, 2.75) is 186 Å². The Bertz CT molecular complexity index is 2150. The molecule has 1 heterocycles. The lowest BCUT2D eigenvalue weighted by Gasteiger charge is -2.61. The van der Waals surface area contributed by atoms with E-state index in [1.165, 1.54) is 58.8 Å². The Kier molecular flexibility index (Phi) is 17.0. The van der Waals surface area contributed by atoms with Gasteiger partial charge in [0.15, 0.2) is 13.2 Å². The SMILES string of the molecule is C=C(C)C(=O)OC1(C(C)C)C2CC3CC(C2)CC1C3.C=C(C)C(=O)OC12CC3CC(CC(O)(C3)C1)C2.C=C(C)C(=O)OC1CCOC1=O.C=C(C)C(=O)OCC(=O)OCC(=O)OC1(C)C2CC3CC(C2)CC1C3. The van der Waals surface area contributed by atoms with E-state index < -0.39 is 66.0 Å². The molecule has 0 amide bonds. The molecule has 0 spiro atoms. The molecule has 0 aromatic carbocycles. The van der Waals surface area contributed by atoms with Gasteiger partial charge >= 0.3 is 41.8 Å². The van der Waals surface area contributed by atoms with Crippen LogP contribution in [0.3, 0.4) is 0 Å². The Morgan fingerprint density at radius 3 is 1.44 bits per heavy atom. The largest absolute Gasteiger partial charge is 0.463 e. The number of esters is 7. The van der Waals surface area contributed by atoms with Crippen LogP contribution in [-0.2, 0) is 66.7 Å². The fourth-order valence-corrected chi connectivity index (χ4v) is 15.7. The standard InChI is InChI=1S/C19H26O6.C17H26O2.C14H20O3.C8H10O4/c1-11(2)18(22)24-9-16(20)23-10-17(21)25-19(3)14-5-12-4-13(7-14)8-15(19)6-12;1-10(2)16(18)19-17(11(3)4)14-6-12-5-13(8-14)9-15(17)7-12;1-9(2)12(15)17-14-6-10-3-11(7-14)5-13(16,4-10)8-14;1-5(2)7(9)12-6-3-4-11-8(6)10/h12-15H,1,4-10H2,2-3H3;11-15H,1,5-9H2,2-4H3;10-11,16H,1,3-8H2,2H3;6H,1,3-4H2,2H3. The van der Waals surface area contributed by atoms with Crippen molar-refractivity contribution in [3.05, 3.63) is 48.6 Å². The van der Waals surface area contributed by atoms with Gasteiger partial charge in [-0.05, 0) is 196 Å². The van der Waals surface area contributed by atoms with Crippen molar-refractivity contribution in [2.24, 2.45) is 65.1 Å². The second-order valence-corrected chi connectivity index (χ2v) is 24.6. The first-order valence-corrected chi connectivity index (χ1v) is 26.9. The molecule has 3 unspecified atom stereocenters. The summed E-state index contributed by atoms with van der Waals surface area (Å²) in [4.78, 5) is 80.5. The second-order valence-electron chi connectivity index (χ2n) is 24.6. The van der Waals surface area contributed by atoms with E-state index in [0.29, 0.717) is 72.0 Å². The van der Waals surface area contributed by atoms with Gasteiger partial charge in [-0.3, -0.25) is 0 Å². The average Bonchev–Trinajstić information content (AvgIpc) is 3.70. The number of ether oxygens (including phenoxy) is 7. The van der Waals surface area contributed by atoms with Gasteiger partial charge in [0.05, 0.1) is 12.2 Å². The molecule has 73 heavy (non-hydrogen) atoms. The molecule has 1 N–H and O–H groups in total. The van der Waals surface area contributed by atoms with E-state index in [2.05, 4.69) is 49.6 Å². The summed E-state index contributed by atoms with van der Waals surface area (Å²) in [5, 5.41) is 10.5. The normalized spacial score (nSPS) is 37.9. The summed E-state index contributed by atoms with van der Waals surface area (Å²) < 4.78 is 36.5. The van der Waals surface area contributed by atoms with Crippen molar-refractivity contribution < 1.29 is 71.8 Å². The van der Waals surface area contributed by atoms with Crippen molar-refractivity contribution in [1.82, 2.24) is 0 Å². The average molecular weight is 1020 g/mol. The number of cyclic esters (lactones) is 1. The van der Waals surface area contributed by atoms with Gasteiger partial charge in [-0.1, -0.05) is 40.2 Å². The molecule has 13 aliphatic rings. The monoisotopic (exact) mass is 1020 g/mol. The fraction of sp³-hybridized carbons (Fsp3) is 0.741. The molecule has 12 aliphatic carbocycles. The highest BCUT2D eigenvalue weighted by Gasteiger charge is 2.62. The summed E-state index contributed by atoms with van der Waals surface area (Å²) >= 11 is 0. The van der Waals surface area contributed by atoms with Crippen molar-refractivity contribution in [3.8, 4) is 0 Å². The molecule has 404 valence electrons. The zero-order chi connectivity index (χ0) is 53.4. The maximum absolute atomic E-state index is 12.2. The van der Waals surface area contributed by atoms with Crippen molar-refractivity contribution >= 4 is 41.8 Å². The molecule has 3 atom stereocenters. The Labute approximate surface area is 431 Å². The maximum atomic E-state index is 12.2. The Morgan fingerprint density at radius 1 is 0.575 bits per heavy atom. The topological polar surface area (TPSA) is 204 Å². The van der Waals surface area contributed by atoms with Crippen molar-refractivity contribution in [1.29, 1.82) is 0 Å². The molecule has 1 aliphatic heterocycles. The van der Waals surface area contributed by atoms with Crippen LogP contribution in [-0.4, -0.2) is 95.2 Å². The second kappa shape index (κ2) is 22.2. The van der Waals surface area contributed by atoms with Crippen LogP contribution in [0.5, 0.6) is 0 Å². The summed E-state index contributed by atoms with van der Waals surface area (Å²) in [5.41, 5.74) is -0.139. The molecule has 13 rings (SSSR count). The third-order valence-electron chi connectivity index (χ3n) is 18.2. The zero-order valence-corrected chi connectivity index (χ0v) is 44.6. The first-order chi connectivity index (χ1) is 34.2. The highest BCUT2D eigenvalue weighted by Crippen LogP contribution is 2.63. The molecular formula is C58H82O15. The Morgan fingerprint density at radius 2 is 1.01 bits per heavy atom. The van der Waals surface area contributed by atoms with E-state index in [4.69, 9.17) is 23.7 Å². The van der Waals surface area contributed by atoms with E-state index >= 15 is 0 Å². The first kappa shape index (κ1) is 55.9. The molecule has 15 nitrogen and oxygen atoms in total. The summed E-state index contributed by atoms with van der Waals surface area (Å²) in [6.45, 7) is 26.5. The number of carbonyl (C=O) groups excluding carboxylic acids is 7. The highest BCUT2D eigenvalue weighted by atomic mass is 16.6. The number of rotatable bonds is 13. The third kappa shape index (κ3) is 12.7. The van der Waals surface area contributed by atoms with Gasteiger partial charge in [-0.25, -0.2) is 33.6 Å². The van der Waals surface area contributed by atoms with Gasteiger partial charge in [0, 0.05) is 35.1 Å². The minimum absolute atomic E-state index is 0.179. The fourth-order valence-electron chi connectivity index (χ4n) is 15.7. The molecule has 1 saturated heterocycles. The number of hydrogen-bond donors (Lipinski definition) is 1. The molecule has 13 fully saturated rings. The quantitative estimate of drug-likeness (QED) is 0.104. The lowest BCUT2D eigenvalue weighted by Crippen LogP contribution is -2.62. The lowest BCUT2D eigenvalue weighted by molar-refractivity contribution is -0.221. The maximum Gasteiger partial charge on any atom is 0.347 e.